The summed E-state index contributed by atoms with van der Waals surface area (Å²) < 4.78 is 18.0. The molecule has 0 saturated heterocycles. The third-order valence-electron chi connectivity index (χ3n) is 6.14. The Morgan fingerprint density at radius 3 is 2.63 bits per heavy atom. The number of nitrogens with one attached hydrogen (secondary N) is 3. The van der Waals surface area contributed by atoms with Crippen LogP contribution in [0.5, 0.6) is 17.2 Å². The van der Waals surface area contributed by atoms with Crippen molar-refractivity contribution < 1.29 is 19.0 Å². The highest BCUT2D eigenvalue weighted by molar-refractivity contribution is 5.98. The van der Waals surface area contributed by atoms with E-state index in [4.69, 9.17) is 25.4 Å². The number of pyridine rings is 1. The number of anilines is 1. The molecule has 14 heteroatoms. The summed E-state index contributed by atoms with van der Waals surface area (Å²) >= 11 is 0. The Morgan fingerprint density at radius 1 is 1.07 bits per heavy atom. The second-order valence-electron chi connectivity index (χ2n) is 9.12. The Hall–Kier alpha value is -6.05. The smallest absolute Gasteiger partial charge is 0.349 e. The molecule has 0 amide bonds. The van der Waals surface area contributed by atoms with E-state index < -0.39 is 17.7 Å². The van der Waals surface area contributed by atoms with E-state index in [0.717, 1.165) is 10.4 Å². The second-order valence-corrected chi connectivity index (χ2v) is 9.12. The average molecular weight is 582 g/mol. The molecule has 1 atom stereocenters. The molecule has 3 heterocycles. The van der Waals surface area contributed by atoms with Crippen LogP contribution >= 0.6 is 0 Å². The van der Waals surface area contributed by atoms with Crippen molar-refractivity contribution in [3.05, 3.63) is 112 Å². The largest absolute Gasteiger partial charge is 0.493 e. The number of hydrogen-bond acceptors (Lipinski definition) is 11. The number of amidine groups is 1. The zero-order valence-corrected chi connectivity index (χ0v) is 23.1. The fourth-order valence-electron chi connectivity index (χ4n) is 4.20. The standard InChI is InChI=1S/C29H27N9O5/c1-17(39)43-23-15-19(9-10-21(23)27(30)31)34-26(28-35-29(40)38(37-28)25-7-5-13-33-36-25)18-8-11-22(24(14-18)41-2)42-16-20-6-3-4-12-32-20/h3-15,26,34H,16H2,1-2H3,(H3,30,31)(H,35,37,40)/t26-/m0/s1. The van der Waals surface area contributed by atoms with Crippen LogP contribution in [0.3, 0.4) is 0 Å². The number of methoxy groups -OCH3 is 1. The Morgan fingerprint density at radius 2 is 1.93 bits per heavy atom. The average Bonchev–Trinajstić information content (AvgIpc) is 3.40. The van der Waals surface area contributed by atoms with Gasteiger partial charge in [0, 0.05) is 31.1 Å². The molecule has 5 N–H and O–H groups in total. The van der Waals surface area contributed by atoms with Gasteiger partial charge in [0.05, 0.1) is 18.4 Å². The van der Waals surface area contributed by atoms with E-state index in [1.807, 2.05) is 18.2 Å². The van der Waals surface area contributed by atoms with Crippen molar-refractivity contribution in [2.24, 2.45) is 5.73 Å². The number of aromatic amines is 1. The highest BCUT2D eigenvalue weighted by Crippen LogP contribution is 2.34. The molecule has 3 aromatic heterocycles. The molecule has 218 valence electrons. The van der Waals surface area contributed by atoms with Crippen LogP contribution in [0.25, 0.3) is 5.82 Å². The lowest BCUT2D eigenvalue weighted by molar-refractivity contribution is -0.131. The minimum Gasteiger partial charge on any atom is -0.493 e. The first-order chi connectivity index (χ1) is 20.8. The maximum atomic E-state index is 12.9. The van der Waals surface area contributed by atoms with E-state index in [1.165, 1.54) is 26.3 Å². The zero-order chi connectivity index (χ0) is 30.3. The molecule has 0 fully saturated rings. The number of H-pyrrole nitrogens is 1. The van der Waals surface area contributed by atoms with Gasteiger partial charge in [-0.1, -0.05) is 12.1 Å². The van der Waals surface area contributed by atoms with E-state index in [1.54, 1.807) is 48.7 Å². The van der Waals surface area contributed by atoms with Crippen LogP contribution in [-0.4, -0.2) is 48.9 Å². The summed E-state index contributed by atoms with van der Waals surface area (Å²) in [7, 11) is 1.52. The number of carbonyl (C=O) groups excluding carboxylic acids is 1. The number of esters is 1. The molecule has 0 aliphatic heterocycles. The van der Waals surface area contributed by atoms with Gasteiger partial charge in [-0.25, -0.2) is 4.79 Å². The number of carbonyl (C=O) groups is 1. The van der Waals surface area contributed by atoms with Gasteiger partial charge >= 0.3 is 11.7 Å². The molecule has 0 bridgehead atoms. The zero-order valence-electron chi connectivity index (χ0n) is 23.1. The molecule has 0 aliphatic rings. The number of hydrogen-bond donors (Lipinski definition) is 4. The van der Waals surface area contributed by atoms with Gasteiger partial charge in [-0.2, -0.15) is 9.78 Å². The topological polar surface area (TPSA) is 196 Å². The monoisotopic (exact) mass is 581 g/mol. The van der Waals surface area contributed by atoms with Gasteiger partial charge in [0.15, 0.2) is 23.1 Å². The number of benzene rings is 2. The van der Waals surface area contributed by atoms with Crippen molar-refractivity contribution in [3.8, 4) is 23.1 Å². The van der Waals surface area contributed by atoms with Crippen molar-refractivity contribution in [3.63, 3.8) is 0 Å². The highest BCUT2D eigenvalue weighted by Gasteiger charge is 2.23. The number of nitrogens with two attached hydrogens (primary N) is 1. The van der Waals surface area contributed by atoms with Crippen LogP contribution in [0, 0.1) is 5.41 Å². The van der Waals surface area contributed by atoms with Gasteiger partial charge in [0.25, 0.3) is 0 Å². The lowest BCUT2D eigenvalue weighted by Crippen LogP contribution is -2.17. The first-order valence-electron chi connectivity index (χ1n) is 12.9. The molecule has 43 heavy (non-hydrogen) atoms. The lowest BCUT2D eigenvalue weighted by atomic mass is 10.0. The summed E-state index contributed by atoms with van der Waals surface area (Å²) in [5, 5.41) is 23.4. The predicted octanol–water partition coefficient (Wildman–Crippen LogP) is 2.74. The molecule has 14 nitrogen and oxygen atoms in total. The summed E-state index contributed by atoms with van der Waals surface area (Å²) in [4.78, 5) is 31.7. The number of rotatable bonds is 11. The normalized spacial score (nSPS) is 11.4. The summed E-state index contributed by atoms with van der Waals surface area (Å²) in [6.07, 6.45) is 3.17. The van der Waals surface area contributed by atoms with Crippen molar-refractivity contribution in [1.82, 2.24) is 29.9 Å². The quantitative estimate of drug-likeness (QED) is 0.0775. The lowest BCUT2D eigenvalue weighted by Gasteiger charge is -2.21. The van der Waals surface area contributed by atoms with Crippen LogP contribution in [-0.2, 0) is 11.4 Å². The van der Waals surface area contributed by atoms with Crippen molar-refractivity contribution >= 4 is 17.5 Å². The molecule has 0 spiro atoms. The Balaban J connectivity index is 1.54. The van der Waals surface area contributed by atoms with E-state index in [9.17, 15) is 9.59 Å². The minimum atomic E-state index is -0.752. The van der Waals surface area contributed by atoms with Crippen LogP contribution in [0.2, 0.25) is 0 Å². The SMILES string of the molecule is COc1cc([C@H](Nc2ccc(C(=N)N)c(OC(C)=O)c2)c2nn(-c3cccnn3)c(=O)[nH]2)ccc1OCc1ccccn1. The number of ether oxygens (including phenoxy) is 3. The maximum absolute atomic E-state index is 12.9. The van der Waals surface area contributed by atoms with Crippen molar-refractivity contribution in [2.45, 2.75) is 19.6 Å². The highest BCUT2D eigenvalue weighted by atomic mass is 16.5. The van der Waals surface area contributed by atoms with E-state index >= 15 is 0 Å². The van der Waals surface area contributed by atoms with Gasteiger partial charge in [-0.3, -0.25) is 20.2 Å². The van der Waals surface area contributed by atoms with Crippen LogP contribution in [0.4, 0.5) is 5.69 Å². The molecular weight excluding hydrogens is 554 g/mol. The van der Waals surface area contributed by atoms with Gasteiger partial charge in [-0.05, 0) is 54.1 Å². The molecule has 0 unspecified atom stereocenters. The molecule has 5 rings (SSSR count). The minimum absolute atomic E-state index is 0.0955. The molecule has 0 radical (unpaired) electrons. The van der Waals surface area contributed by atoms with Crippen LogP contribution < -0.4 is 31.0 Å². The van der Waals surface area contributed by atoms with E-state index in [0.29, 0.717) is 22.7 Å². The fraction of sp³-hybridized carbons (Fsp3) is 0.138. The van der Waals surface area contributed by atoms with Crippen LogP contribution in [0.15, 0.2) is 83.9 Å². The predicted molar refractivity (Wildman–Crippen MR) is 156 cm³/mol. The van der Waals surface area contributed by atoms with E-state index in [-0.39, 0.29) is 35.4 Å². The van der Waals surface area contributed by atoms with Gasteiger partial charge < -0.3 is 25.3 Å². The Bertz CT molecular complexity index is 1810. The second kappa shape index (κ2) is 12.6. The molecule has 2 aromatic carbocycles. The van der Waals surface area contributed by atoms with Crippen LogP contribution in [0.1, 0.15) is 35.6 Å². The Kier molecular flexibility index (Phi) is 8.37. The van der Waals surface area contributed by atoms with Gasteiger partial charge in [-0.15, -0.1) is 10.2 Å². The summed E-state index contributed by atoms with van der Waals surface area (Å²) in [6.45, 7) is 1.48. The third kappa shape index (κ3) is 6.65. The fourth-order valence-corrected chi connectivity index (χ4v) is 4.20. The van der Waals surface area contributed by atoms with Gasteiger partial charge in [0.2, 0.25) is 0 Å². The molecule has 0 saturated carbocycles. The summed E-state index contributed by atoms with van der Waals surface area (Å²) in [6, 6.07) is 18.1. The first-order valence-corrected chi connectivity index (χ1v) is 12.9. The Labute approximate surface area is 245 Å². The first kappa shape index (κ1) is 28.5. The number of nitrogen functional groups attached to an aromatic ring is 1. The number of aromatic nitrogens is 6. The summed E-state index contributed by atoms with van der Waals surface area (Å²) in [5.41, 5.74) is 7.27. The van der Waals surface area contributed by atoms with Crippen molar-refractivity contribution in [1.29, 1.82) is 5.41 Å². The van der Waals surface area contributed by atoms with Crippen molar-refractivity contribution in [2.75, 3.05) is 12.4 Å². The van der Waals surface area contributed by atoms with E-state index in [2.05, 4.69) is 30.6 Å². The maximum Gasteiger partial charge on any atom is 0.349 e. The summed E-state index contributed by atoms with van der Waals surface area (Å²) in [5.74, 6) is 0.641. The van der Waals surface area contributed by atoms with Gasteiger partial charge in [0.1, 0.15) is 24.2 Å². The molecule has 0 aliphatic carbocycles. The molecular formula is C29H27N9O5. The third-order valence-corrected chi connectivity index (χ3v) is 6.14. The molecule has 5 aromatic rings. The number of nitrogens with zero attached hydrogens (tertiary/aromatic N) is 5.